The number of methoxy groups -OCH3 is 1. The van der Waals surface area contributed by atoms with Gasteiger partial charge in [-0.3, -0.25) is 4.79 Å². The van der Waals surface area contributed by atoms with E-state index in [0.717, 1.165) is 48.8 Å². The van der Waals surface area contributed by atoms with Crippen LogP contribution in [0, 0.1) is 5.41 Å². The van der Waals surface area contributed by atoms with E-state index in [1.165, 1.54) is 32.1 Å². The van der Waals surface area contributed by atoms with Crippen LogP contribution >= 0.6 is 0 Å². The molecule has 0 aliphatic heterocycles. The average molecular weight is 538 g/mol. The topological polar surface area (TPSA) is 87.9 Å². The summed E-state index contributed by atoms with van der Waals surface area (Å²) in [5.41, 5.74) is 0.714. The van der Waals surface area contributed by atoms with Gasteiger partial charge in [-0.15, -0.1) is 0 Å². The number of ether oxygens (including phenoxy) is 3. The molecule has 7 heteroatoms. The summed E-state index contributed by atoms with van der Waals surface area (Å²) < 4.78 is 21.9. The maximum absolute atomic E-state index is 12.5. The Hall–Kier alpha value is -3.35. The molecule has 2 heterocycles. The maximum atomic E-state index is 12.5. The Morgan fingerprint density at radius 3 is 2.10 bits per heavy atom. The van der Waals surface area contributed by atoms with Crippen LogP contribution in [0.15, 0.2) is 51.7 Å². The second-order valence-corrected chi connectivity index (χ2v) is 10.6. The quantitative estimate of drug-likeness (QED) is 0.129. The highest BCUT2D eigenvalue weighted by atomic mass is 16.5. The largest absolute Gasteiger partial charge is 0.497 e. The van der Waals surface area contributed by atoms with Crippen molar-refractivity contribution in [3.8, 4) is 22.8 Å². The van der Waals surface area contributed by atoms with Crippen LogP contribution in [0.5, 0.6) is 11.6 Å². The molecule has 7 nitrogen and oxygen atoms in total. The number of esters is 1. The molecular formula is C32H43NO6. The van der Waals surface area contributed by atoms with Gasteiger partial charge in [-0.05, 0) is 62.9 Å². The number of aromatic nitrogens is 1. The van der Waals surface area contributed by atoms with Gasteiger partial charge >= 0.3 is 11.6 Å². The van der Waals surface area contributed by atoms with E-state index < -0.39 is 5.63 Å². The summed E-state index contributed by atoms with van der Waals surface area (Å²) in [6.45, 7) is 6.99. The number of carbonyl (C=O) groups excluding carboxylic acids is 1. The number of hydrogen-bond acceptors (Lipinski definition) is 7. The summed E-state index contributed by atoms with van der Waals surface area (Å²) in [7, 11) is 1.61. The van der Waals surface area contributed by atoms with E-state index in [0.29, 0.717) is 24.7 Å². The fourth-order valence-corrected chi connectivity index (χ4v) is 4.16. The molecule has 0 spiro atoms. The van der Waals surface area contributed by atoms with Crippen molar-refractivity contribution in [3.63, 3.8) is 0 Å². The highest BCUT2D eigenvalue weighted by Gasteiger charge is 2.26. The Kier molecular flexibility index (Phi) is 11.8. The van der Waals surface area contributed by atoms with Gasteiger partial charge in [0.05, 0.1) is 31.3 Å². The molecular weight excluding hydrogens is 494 g/mol. The second kappa shape index (κ2) is 15.3. The molecule has 1 aromatic carbocycles. The lowest BCUT2D eigenvalue weighted by molar-refractivity contribution is -0.154. The minimum absolute atomic E-state index is 0.0867. The highest BCUT2D eigenvalue weighted by Crippen LogP contribution is 2.24. The third kappa shape index (κ3) is 9.41. The van der Waals surface area contributed by atoms with Crippen molar-refractivity contribution in [1.29, 1.82) is 0 Å². The molecule has 0 aliphatic rings. The first kappa shape index (κ1) is 30.2. The summed E-state index contributed by atoms with van der Waals surface area (Å²) in [5.74, 6) is 1.11. The van der Waals surface area contributed by atoms with Crippen molar-refractivity contribution in [2.24, 2.45) is 5.41 Å². The number of fused-ring (bicyclic) bond motifs is 1. The summed E-state index contributed by atoms with van der Waals surface area (Å²) in [6, 6.07) is 12.8. The van der Waals surface area contributed by atoms with E-state index in [-0.39, 0.29) is 17.1 Å². The van der Waals surface area contributed by atoms with Gasteiger partial charge in [0.1, 0.15) is 5.75 Å². The normalized spacial score (nSPS) is 11.5. The van der Waals surface area contributed by atoms with Crippen molar-refractivity contribution in [2.75, 3.05) is 20.3 Å². The standard InChI is InChI=1S/C32H43NO6/c1-5-32(2,3)31(35)38-22-14-12-10-8-6-7-9-11-13-21-37-28-20-17-25-23-27(30(34)39-29(25)33-28)24-15-18-26(36-4)19-16-24/h15-20,23H,5-14,21-22H2,1-4H3. The van der Waals surface area contributed by atoms with Gasteiger partial charge in [0.25, 0.3) is 0 Å². The lowest BCUT2D eigenvalue weighted by Gasteiger charge is -2.20. The second-order valence-electron chi connectivity index (χ2n) is 10.6. The SMILES string of the molecule is CCC(C)(C)C(=O)OCCCCCCCCCCCOc1ccc2cc(-c3ccc(OC)cc3)c(=O)oc2n1. The molecule has 0 N–H and O–H groups in total. The number of pyridine rings is 1. The highest BCUT2D eigenvalue weighted by molar-refractivity contribution is 5.79. The van der Waals surface area contributed by atoms with E-state index in [1.54, 1.807) is 13.2 Å². The molecule has 0 unspecified atom stereocenters. The predicted molar refractivity (Wildman–Crippen MR) is 154 cm³/mol. The fraction of sp³-hybridized carbons (Fsp3) is 0.531. The van der Waals surface area contributed by atoms with Crippen LogP contribution in [0.2, 0.25) is 0 Å². The van der Waals surface area contributed by atoms with Crippen LogP contribution < -0.4 is 15.1 Å². The van der Waals surface area contributed by atoms with Crippen LogP contribution in [-0.2, 0) is 9.53 Å². The number of carbonyl (C=O) groups is 1. The van der Waals surface area contributed by atoms with Gasteiger partial charge in [0, 0.05) is 11.5 Å². The predicted octanol–water partition coefficient (Wildman–Crippen LogP) is 7.73. The average Bonchev–Trinajstić information content (AvgIpc) is 2.95. The lowest BCUT2D eigenvalue weighted by Crippen LogP contribution is -2.26. The first-order valence-corrected chi connectivity index (χ1v) is 14.2. The van der Waals surface area contributed by atoms with Gasteiger partial charge in [0.15, 0.2) is 0 Å². The fourth-order valence-electron chi connectivity index (χ4n) is 4.16. The van der Waals surface area contributed by atoms with E-state index in [2.05, 4.69) is 4.98 Å². The van der Waals surface area contributed by atoms with Crippen LogP contribution in [0.25, 0.3) is 22.2 Å². The monoisotopic (exact) mass is 537 g/mol. The van der Waals surface area contributed by atoms with Gasteiger partial charge in [-0.1, -0.05) is 64.0 Å². The molecule has 0 bridgehead atoms. The van der Waals surface area contributed by atoms with Crippen molar-refractivity contribution < 1.29 is 23.4 Å². The van der Waals surface area contributed by atoms with E-state index in [9.17, 15) is 9.59 Å². The molecule has 2 aromatic heterocycles. The molecule has 0 fully saturated rings. The summed E-state index contributed by atoms with van der Waals surface area (Å²) in [5, 5.41) is 0.745. The summed E-state index contributed by atoms with van der Waals surface area (Å²) in [6.07, 6.45) is 10.9. The Morgan fingerprint density at radius 2 is 1.49 bits per heavy atom. The van der Waals surface area contributed by atoms with Crippen LogP contribution in [0.1, 0.15) is 85.0 Å². The number of hydrogen-bond donors (Lipinski definition) is 0. The molecule has 39 heavy (non-hydrogen) atoms. The van der Waals surface area contributed by atoms with Crippen molar-refractivity contribution >= 4 is 17.1 Å². The van der Waals surface area contributed by atoms with Crippen molar-refractivity contribution in [1.82, 2.24) is 4.98 Å². The van der Waals surface area contributed by atoms with Gasteiger partial charge in [-0.25, -0.2) is 4.79 Å². The Balaban J connectivity index is 1.28. The van der Waals surface area contributed by atoms with E-state index in [4.69, 9.17) is 18.6 Å². The molecule has 212 valence electrons. The van der Waals surface area contributed by atoms with E-state index >= 15 is 0 Å². The van der Waals surface area contributed by atoms with E-state index in [1.807, 2.05) is 57.2 Å². The van der Waals surface area contributed by atoms with Crippen LogP contribution in [-0.4, -0.2) is 31.3 Å². The van der Waals surface area contributed by atoms with Gasteiger partial charge < -0.3 is 18.6 Å². The number of nitrogens with zero attached hydrogens (tertiary/aromatic N) is 1. The Bertz CT molecular complexity index is 1230. The first-order valence-electron chi connectivity index (χ1n) is 14.2. The Labute approximate surface area is 231 Å². The van der Waals surface area contributed by atoms with Crippen LogP contribution in [0.3, 0.4) is 0 Å². The molecule has 0 atom stereocenters. The Morgan fingerprint density at radius 1 is 0.872 bits per heavy atom. The molecule has 0 radical (unpaired) electrons. The zero-order valence-corrected chi connectivity index (χ0v) is 23.9. The number of benzene rings is 1. The summed E-state index contributed by atoms with van der Waals surface area (Å²) >= 11 is 0. The zero-order chi connectivity index (χ0) is 28.1. The molecule has 0 saturated heterocycles. The third-order valence-corrected chi connectivity index (χ3v) is 7.18. The molecule has 3 aromatic rings. The minimum atomic E-state index is -0.434. The van der Waals surface area contributed by atoms with Crippen molar-refractivity contribution in [3.05, 3.63) is 52.9 Å². The lowest BCUT2D eigenvalue weighted by atomic mass is 9.91. The molecule has 0 aliphatic carbocycles. The van der Waals surface area contributed by atoms with Gasteiger partial charge in [0.2, 0.25) is 11.6 Å². The first-order chi connectivity index (χ1) is 18.8. The molecule has 3 rings (SSSR count). The number of unbranched alkanes of at least 4 members (excludes halogenated alkanes) is 8. The van der Waals surface area contributed by atoms with Gasteiger partial charge in [-0.2, -0.15) is 4.98 Å². The zero-order valence-electron chi connectivity index (χ0n) is 23.9. The molecule has 0 amide bonds. The van der Waals surface area contributed by atoms with Crippen LogP contribution in [0.4, 0.5) is 0 Å². The smallest absolute Gasteiger partial charge is 0.345 e. The minimum Gasteiger partial charge on any atom is -0.497 e. The maximum Gasteiger partial charge on any atom is 0.345 e. The summed E-state index contributed by atoms with van der Waals surface area (Å²) in [4.78, 5) is 28.9. The third-order valence-electron chi connectivity index (χ3n) is 7.18. The van der Waals surface area contributed by atoms with Crippen molar-refractivity contribution in [2.45, 2.75) is 85.0 Å². The number of rotatable bonds is 17. The molecule has 0 saturated carbocycles.